The average Bonchev–Trinajstić information content (AvgIpc) is 2.37. The Bertz CT molecular complexity index is 503. The zero-order valence-corrected chi connectivity index (χ0v) is 11.0. The number of hydrogen-bond donors (Lipinski definition) is 3. The summed E-state index contributed by atoms with van der Waals surface area (Å²) in [6, 6.07) is 2.09. The maximum absolute atomic E-state index is 11.7. The number of carboxylic acids is 1. The van der Waals surface area contributed by atoms with E-state index >= 15 is 0 Å². The fourth-order valence-corrected chi connectivity index (χ4v) is 2.71. The highest BCUT2D eigenvalue weighted by Crippen LogP contribution is 2.02. The van der Waals surface area contributed by atoms with Crippen molar-refractivity contribution in [2.24, 2.45) is 0 Å². The number of aromatic nitrogens is 1. The van der Waals surface area contributed by atoms with Crippen LogP contribution in [0.15, 0.2) is 24.5 Å². The van der Waals surface area contributed by atoms with Crippen LogP contribution in [0.1, 0.15) is 12.0 Å². The fraction of sp³-hybridized carbons (Fsp3) is 0.455. The number of aliphatic carboxylic acids is 1. The molecule has 0 aromatic carbocycles. The van der Waals surface area contributed by atoms with Crippen molar-refractivity contribution in [3.05, 3.63) is 30.1 Å². The van der Waals surface area contributed by atoms with Crippen molar-refractivity contribution in [3.63, 3.8) is 0 Å². The smallest absolute Gasteiger partial charge is 0.321 e. The molecule has 0 amide bonds. The topological polar surface area (TPSA) is 117 Å². The van der Waals surface area contributed by atoms with Crippen molar-refractivity contribution < 1.29 is 23.4 Å². The minimum Gasteiger partial charge on any atom is -0.480 e. The summed E-state index contributed by atoms with van der Waals surface area (Å²) in [5, 5.41) is 17.5. The first kappa shape index (κ1) is 15.5. The van der Waals surface area contributed by atoms with Gasteiger partial charge in [0.25, 0.3) is 0 Å². The standard InChI is InChI=1S/C11H16N2O5S/c14-7-3-10(11(15)16)13-19(17,18)8-4-9-1-5-12-6-2-9/h1-2,5-6,10,13-14H,3-4,7-8H2,(H,15,16). The van der Waals surface area contributed by atoms with E-state index in [2.05, 4.69) is 9.71 Å². The molecule has 106 valence electrons. The molecule has 3 N–H and O–H groups in total. The van der Waals surface area contributed by atoms with Crippen LogP contribution in [0, 0.1) is 0 Å². The van der Waals surface area contributed by atoms with Gasteiger partial charge < -0.3 is 10.2 Å². The van der Waals surface area contributed by atoms with E-state index in [0.29, 0.717) is 0 Å². The molecule has 19 heavy (non-hydrogen) atoms. The van der Waals surface area contributed by atoms with E-state index in [1.807, 2.05) is 0 Å². The zero-order chi connectivity index (χ0) is 14.3. The van der Waals surface area contributed by atoms with E-state index in [9.17, 15) is 13.2 Å². The Morgan fingerprint density at radius 2 is 2.00 bits per heavy atom. The van der Waals surface area contributed by atoms with E-state index in [1.165, 1.54) is 0 Å². The predicted molar refractivity (Wildman–Crippen MR) is 68.0 cm³/mol. The van der Waals surface area contributed by atoms with Gasteiger partial charge in [-0.1, -0.05) is 0 Å². The summed E-state index contributed by atoms with van der Waals surface area (Å²) in [6.45, 7) is -0.399. The first-order chi connectivity index (χ1) is 8.94. The third-order valence-corrected chi connectivity index (χ3v) is 3.83. The van der Waals surface area contributed by atoms with Crippen LogP contribution in [-0.4, -0.2) is 48.0 Å². The molecule has 0 bridgehead atoms. The summed E-state index contributed by atoms with van der Waals surface area (Å²) in [4.78, 5) is 14.6. The van der Waals surface area contributed by atoms with Gasteiger partial charge >= 0.3 is 5.97 Å². The molecule has 0 aliphatic rings. The summed E-state index contributed by atoms with van der Waals surface area (Å²) >= 11 is 0. The maximum atomic E-state index is 11.7. The monoisotopic (exact) mass is 288 g/mol. The van der Waals surface area contributed by atoms with Crippen LogP contribution in [0.3, 0.4) is 0 Å². The molecule has 0 fully saturated rings. The normalized spacial score (nSPS) is 13.1. The van der Waals surface area contributed by atoms with Gasteiger partial charge in [-0.3, -0.25) is 9.78 Å². The van der Waals surface area contributed by atoms with E-state index in [4.69, 9.17) is 10.2 Å². The number of hydrogen-bond acceptors (Lipinski definition) is 5. The van der Waals surface area contributed by atoms with Gasteiger partial charge in [0.2, 0.25) is 10.0 Å². The highest BCUT2D eigenvalue weighted by Gasteiger charge is 2.23. The molecule has 1 heterocycles. The number of aliphatic hydroxyl groups is 1. The molecular formula is C11H16N2O5S. The summed E-state index contributed by atoms with van der Waals surface area (Å²) in [6.07, 6.45) is 3.22. The van der Waals surface area contributed by atoms with Crippen molar-refractivity contribution in [3.8, 4) is 0 Å². The number of carbonyl (C=O) groups is 1. The summed E-state index contributed by atoms with van der Waals surface area (Å²) < 4.78 is 25.5. The second-order valence-corrected chi connectivity index (χ2v) is 5.82. The highest BCUT2D eigenvalue weighted by atomic mass is 32.2. The van der Waals surface area contributed by atoms with Gasteiger partial charge in [-0.2, -0.15) is 0 Å². The molecule has 0 spiro atoms. The Kier molecular flexibility index (Phi) is 5.87. The molecule has 8 heteroatoms. The van der Waals surface area contributed by atoms with Gasteiger partial charge in [0.05, 0.1) is 5.75 Å². The lowest BCUT2D eigenvalue weighted by Crippen LogP contribution is -2.42. The van der Waals surface area contributed by atoms with E-state index in [1.54, 1.807) is 24.5 Å². The van der Waals surface area contributed by atoms with Gasteiger partial charge in [0, 0.05) is 19.0 Å². The van der Waals surface area contributed by atoms with Crippen LogP contribution in [0.4, 0.5) is 0 Å². The molecule has 0 aliphatic heterocycles. The van der Waals surface area contributed by atoms with Gasteiger partial charge in [-0.05, 0) is 30.5 Å². The average molecular weight is 288 g/mol. The van der Waals surface area contributed by atoms with Crippen LogP contribution in [0.25, 0.3) is 0 Å². The third kappa shape index (κ3) is 5.77. The van der Waals surface area contributed by atoms with Gasteiger partial charge in [0.1, 0.15) is 6.04 Å². The lowest BCUT2D eigenvalue weighted by Gasteiger charge is -2.13. The fourth-order valence-electron chi connectivity index (χ4n) is 1.44. The molecule has 1 aromatic rings. The molecule has 1 rings (SSSR count). The Hall–Kier alpha value is -1.51. The van der Waals surface area contributed by atoms with Crippen LogP contribution >= 0.6 is 0 Å². The molecule has 7 nitrogen and oxygen atoms in total. The highest BCUT2D eigenvalue weighted by molar-refractivity contribution is 7.89. The number of nitrogens with zero attached hydrogens (tertiary/aromatic N) is 1. The first-order valence-corrected chi connectivity index (χ1v) is 7.32. The minimum absolute atomic E-state index is 0.163. The van der Waals surface area contributed by atoms with Crippen molar-refractivity contribution in [1.29, 1.82) is 0 Å². The zero-order valence-electron chi connectivity index (χ0n) is 10.2. The maximum Gasteiger partial charge on any atom is 0.321 e. The Labute approximate surface area is 111 Å². The van der Waals surface area contributed by atoms with E-state index in [0.717, 1.165) is 5.56 Å². The van der Waals surface area contributed by atoms with Crippen molar-refractivity contribution >= 4 is 16.0 Å². The molecule has 0 radical (unpaired) electrons. The van der Waals surface area contributed by atoms with Crippen LogP contribution in [0.2, 0.25) is 0 Å². The van der Waals surface area contributed by atoms with Crippen LogP contribution in [-0.2, 0) is 21.2 Å². The van der Waals surface area contributed by atoms with Crippen LogP contribution in [0.5, 0.6) is 0 Å². The molecule has 1 aromatic heterocycles. The second-order valence-electron chi connectivity index (χ2n) is 3.95. The number of sulfonamides is 1. The number of aryl methyl sites for hydroxylation is 1. The summed E-state index contributed by atoms with van der Waals surface area (Å²) in [5.41, 5.74) is 0.800. The quantitative estimate of drug-likeness (QED) is 0.587. The number of rotatable bonds is 8. The molecule has 0 aliphatic carbocycles. The van der Waals surface area contributed by atoms with Gasteiger partial charge in [-0.25, -0.2) is 13.1 Å². The number of carboxylic acid groups (broad SMARTS) is 1. The lowest BCUT2D eigenvalue weighted by molar-refractivity contribution is -0.139. The largest absolute Gasteiger partial charge is 0.480 e. The minimum atomic E-state index is -3.71. The van der Waals surface area contributed by atoms with E-state index in [-0.39, 0.29) is 18.6 Å². The SMILES string of the molecule is O=C(O)C(CCO)NS(=O)(=O)CCc1ccncc1. The Balaban J connectivity index is 2.58. The molecule has 1 atom stereocenters. The van der Waals surface area contributed by atoms with Crippen molar-refractivity contribution in [2.75, 3.05) is 12.4 Å². The Morgan fingerprint density at radius 1 is 1.37 bits per heavy atom. The first-order valence-electron chi connectivity index (χ1n) is 5.67. The molecule has 0 saturated carbocycles. The Morgan fingerprint density at radius 3 is 2.53 bits per heavy atom. The lowest BCUT2D eigenvalue weighted by atomic mass is 10.2. The predicted octanol–water partition coefficient (Wildman–Crippen LogP) is -0.621. The van der Waals surface area contributed by atoms with Gasteiger partial charge in [0.15, 0.2) is 0 Å². The number of pyridine rings is 1. The molecular weight excluding hydrogens is 272 g/mol. The summed E-state index contributed by atoms with van der Waals surface area (Å²) in [7, 11) is -3.71. The van der Waals surface area contributed by atoms with Crippen LogP contribution < -0.4 is 4.72 Å². The van der Waals surface area contributed by atoms with Crippen molar-refractivity contribution in [2.45, 2.75) is 18.9 Å². The van der Waals surface area contributed by atoms with E-state index < -0.39 is 28.6 Å². The molecule has 0 saturated heterocycles. The second kappa shape index (κ2) is 7.17. The molecule has 1 unspecified atom stereocenters. The number of nitrogens with one attached hydrogen (secondary N) is 1. The third-order valence-electron chi connectivity index (χ3n) is 2.45. The number of aliphatic hydroxyl groups excluding tert-OH is 1. The summed E-state index contributed by atoms with van der Waals surface area (Å²) in [5.74, 6) is -1.52. The van der Waals surface area contributed by atoms with Gasteiger partial charge in [-0.15, -0.1) is 0 Å². The van der Waals surface area contributed by atoms with Crippen molar-refractivity contribution in [1.82, 2.24) is 9.71 Å².